The number of carbonyl (C=O) groups is 1. The van der Waals surface area contributed by atoms with E-state index in [4.69, 9.17) is 0 Å². The van der Waals surface area contributed by atoms with Gasteiger partial charge < -0.3 is 0 Å². The van der Waals surface area contributed by atoms with Crippen molar-refractivity contribution < 1.29 is 4.79 Å². The molecule has 0 aliphatic carbocycles. The first-order valence-electron chi connectivity index (χ1n) is 3.96. The molecule has 0 radical (unpaired) electrons. The second-order valence-electron chi connectivity index (χ2n) is 2.31. The van der Waals surface area contributed by atoms with Gasteiger partial charge in [0.25, 0.3) is 0 Å². The first-order chi connectivity index (χ1) is 4.79. The molecule has 0 rings (SSSR count). The SMILES string of the molecule is CCC(C=O)=C(CC)CC. The third-order valence-electron chi connectivity index (χ3n) is 1.83. The minimum absolute atomic E-state index is 0.876. The van der Waals surface area contributed by atoms with Crippen LogP contribution in [0, 0.1) is 0 Å². The molecule has 0 aromatic heterocycles. The van der Waals surface area contributed by atoms with E-state index in [9.17, 15) is 4.79 Å². The topological polar surface area (TPSA) is 17.1 Å². The summed E-state index contributed by atoms with van der Waals surface area (Å²) in [6.07, 6.45) is 3.89. The van der Waals surface area contributed by atoms with Crippen LogP contribution in [0.3, 0.4) is 0 Å². The summed E-state index contributed by atoms with van der Waals surface area (Å²) < 4.78 is 0. The van der Waals surface area contributed by atoms with E-state index < -0.39 is 0 Å². The monoisotopic (exact) mass is 140 g/mol. The lowest BCUT2D eigenvalue weighted by Crippen LogP contribution is -1.90. The zero-order chi connectivity index (χ0) is 7.98. The molecule has 10 heavy (non-hydrogen) atoms. The highest BCUT2D eigenvalue weighted by atomic mass is 16.1. The van der Waals surface area contributed by atoms with Crippen LogP contribution in [0.15, 0.2) is 11.1 Å². The Morgan fingerprint density at radius 2 is 1.60 bits per heavy atom. The third kappa shape index (κ3) is 2.34. The maximum absolute atomic E-state index is 10.4. The summed E-state index contributed by atoms with van der Waals surface area (Å²) in [6, 6.07) is 0. The van der Waals surface area contributed by atoms with E-state index in [1.165, 1.54) is 5.57 Å². The molecule has 0 spiro atoms. The Morgan fingerprint density at radius 3 is 1.70 bits per heavy atom. The summed E-state index contributed by atoms with van der Waals surface area (Å²) >= 11 is 0. The fourth-order valence-electron chi connectivity index (χ4n) is 1.12. The average molecular weight is 140 g/mol. The van der Waals surface area contributed by atoms with E-state index >= 15 is 0 Å². The maximum atomic E-state index is 10.4. The number of allylic oxidation sites excluding steroid dienone is 2. The van der Waals surface area contributed by atoms with Crippen molar-refractivity contribution in [3.05, 3.63) is 11.1 Å². The predicted octanol–water partition coefficient (Wildman–Crippen LogP) is 2.71. The van der Waals surface area contributed by atoms with Gasteiger partial charge in [0.1, 0.15) is 6.29 Å². The molecule has 0 saturated carbocycles. The number of hydrogen-bond donors (Lipinski definition) is 0. The van der Waals surface area contributed by atoms with E-state index in [2.05, 4.69) is 13.8 Å². The Hall–Kier alpha value is -0.590. The molecular formula is C9H16O. The maximum Gasteiger partial charge on any atom is 0.145 e. The summed E-state index contributed by atoms with van der Waals surface area (Å²) in [4.78, 5) is 10.4. The van der Waals surface area contributed by atoms with Crippen LogP contribution in [0.5, 0.6) is 0 Å². The first kappa shape index (κ1) is 9.41. The standard InChI is InChI=1S/C9H16O/c1-4-8(5-2)9(6-3)7-10/h7H,4-6H2,1-3H3. The van der Waals surface area contributed by atoms with Crippen molar-refractivity contribution in [1.82, 2.24) is 0 Å². The summed E-state index contributed by atoms with van der Waals surface area (Å²) in [5.41, 5.74) is 2.29. The van der Waals surface area contributed by atoms with Gasteiger partial charge in [0.15, 0.2) is 0 Å². The fraction of sp³-hybridized carbons (Fsp3) is 0.667. The van der Waals surface area contributed by atoms with Crippen molar-refractivity contribution in [1.29, 1.82) is 0 Å². The highest BCUT2D eigenvalue weighted by Gasteiger charge is 1.98. The number of rotatable bonds is 4. The lowest BCUT2D eigenvalue weighted by Gasteiger charge is -2.03. The van der Waals surface area contributed by atoms with Gasteiger partial charge in [0.2, 0.25) is 0 Å². The lowest BCUT2D eigenvalue weighted by atomic mass is 10.0. The van der Waals surface area contributed by atoms with Crippen LogP contribution in [-0.2, 0) is 4.79 Å². The summed E-state index contributed by atoms with van der Waals surface area (Å²) in [5.74, 6) is 0. The van der Waals surface area contributed by atoms with Gasteiger partial charge in [-0.2, -0.15) is 0 Å². The van der Waals surface area contributed by atoms with Crippen LogP contribution >= 0.6 is 0 Å². The normalized spacial score (nSPS) is 9.10. The van der Waals surface area contributed by atoms with Gasteiger partial charge in [0.05, 0.1) is 0 Å². The molecule has 0 saturated heterocycles. The number of hydrogen-bond acceptors (Lipinski definition) is 1. The minimum atomic E-state index is 0.876. The Bertz CT molecular complexity index is 128. The second-order valence-corrected chi connectivity index (χ2v) is 2.31. The molecule has 0 heterocycles. The van der Waals surface area contributed by atoms with Gasteiger partial charge in [-0.3, -0.25) is 4.79 Å². The Labute approximate surface area is 63.1 Å². The van der Waals surface area contributed by atoms with Crippen LogP contribution in [0.1, 0.15) is 40.0 Å². The summed E-state index contributed by atoms with van der Waals surface area (Å²) in [7, 11) is 0. The molecule has 0 amide bonds. The van der Waals surface area contributed by atoms with E-state index in [1.807, 2.05) is 6.92 Å². The molecular weight excluding hydrogens is 124 g/mol. The molecule has 0 fully saturated rings. The van der Waals surface area contributed by atoms with Crippen molar-refractivity contribution in [2.75, 3.05) is 0 Å². The number of aldehydes is 1. The van der Waals surface area contributed by atoms with E-state index in [1.54, 1.807) is 0 Å². The molecule has 1 heteroatoms. The van der Waals surface area contributed by atoms with Crippen LogP contribution < -0.4 is 0 Å². The van der Waals surface area contributed by atoms with Gasteiger partial charge >= 0.3 is 0 Å². The summed E-state index contributed by atoms with van der Waals surface area (Å²) in [6.45, 7) is 6.21. The van der Waals surface area contributed by atoms with Crippen LogP contribution in [0.4, 0.5) is 0 Å². The second kappa shape index (κ2) is 5.21. The Kier molecular flexibility index (Phi) is 4.91. The van der Waals surface area contributed by atoms with Gasteiger partial charge in [-0.05, 0) is 24.8 Å². The highest BCUT2D eigenvalue weighted by molar-refractivity contribution is 5.74. The smallest absolute Gasteiger partial charge is 0.145 e. The van der Waals surface area contributed by atoms with Crippen molar-refractivity contribution in [3.63, 3.8) is 0 Å². The first-order valence-corrected chi connectivity index (χ1v) is 3.96. The zero-order valence-corrected chi connectivity index (χ0v) is 7.11. The molecule has 0 bridgehead atoms. The predicted molar refractivity (Wildman–Crippen MR) is 44.0 cm³/mol. The lowest BCUT2D eigenvalue weighted by molar-refractivity contribution is -0.105. The van der Waals surface area contributed by atoms with Crippen molar-refractivity contribution in [2.45, 2.75) is 40.0 Å². The molecule has 0 aliphatic heterocycles. The van der Waals surface area contributed by atoms with E-state index in [0.717, 1.165) is 31.1 Å². The highest BCUT2D eigenvalue weighted by Crippen LogP contribution is 2.13. The van der Waals surface area contributed by atoms with Crippen molar-refractivity contribution in [3.8, 4) is 0 Å². The zero-order valence-electron chi connectivity index (χ0n) is 7.11. The molecule has 1 nitrogen and oxygen atoms in total. The average Bonchev–Trinajstić information content (AvgIpc) is 2.00. The van der Waals surface area contributed by atoms with Gasteiger partial charge in [-0.25, -0.2) is 0 Å². The molecule has 0 atom stereocenters. The molecule has 58 valence electrons. The summed E-state index contributed by atoms with van der Waals surface area (Å²) in [5, 5.41) is 0. The van der Waals surface area contributed by atoms with Crippen LogP contribution in [0.2, 0.25) is 0 Å². The van der Waals surface area contributed by atoms with Crippen LogP contribution in [-0.4, -0.2) is 6.29 Å². The largest absolute Gasteiger partial charge is 0.298 e. The Balaban J connectivity index is 4.35. The molecule has 0 aliphatic rings. The van der Waals surface area contributed by atoms with Gasteiger partial charge in [-0.1, -0.05) is 26.3 Å². The molecule has 0 N–H and O–H groups in total. The number of carbonyl (C=O) groups excluding carboxylic acids is 1. The molecule has 0 unspecified atom stereocenters. The minimum Gasteiger partial charge on any atom is -0.298 e. The quantitative estimate of drug-likeness (QED) is 0.433. The van der Waals surface area contributed by atoms with Crippen LogP contribution in [0.25, 0.3) is 0 Å². The van der Waals surface area contributed by atoms with E-state index in [0.29, 0.717) is 0 Å². The fourth-order valence-corrected chi connectivity index (χ4v) is 1.12. The Morgan fingerprint density at radius 1 is 1.10 bits per heavy atom. The van der Waals surface area contributed by atoms with Gasteiger partial charge in [-0.15, -0.1) is 0 Å². The third-order valence-corrected chi connectivity index (χ3v) is 1.83. The van der Waals surface area contributed by atoms with E-state index in [-0.39, 0.29) is 0 Å². The van der Waals surface area contributed by atoms with Crippen molar-refractivity contribution >= 4 is 6.29 Å². The van der Waals surface area contributed by atoms with Gasteiger partial charge in [0, 0.05) is 0 Å². The molecule has 0 aromatic carbocycles. The molecule has 0 aromatic rings. The van der Waals surface area contributed by atoms with Crippen molar-refractivity contribution in [2.24, 2.45) is 0 Å².